The molecule has 0 fully saturated rings. The molecule has 1 aromatic heterocycles. The number of carbonyl (C=O) groups is 1. The maximum Gasteiger partial charge on any atom is 0.333 e. The maximum atomic E-state index is 12.5. The van der Waals surface area contributed by atoms with Crippen LogP contribution in [-0.4, -0.2) is 35.7 Å². The minimum absolute atomic E-state index is 0.191. The van der Waals surface area contributed by atoms with Crippen LogP contribution in [-0.2, 0) is 16.1 Å². The minimum atomic E-state index is -0.497. The maximum absolute atomic E-state index is 12.5. The van der Waals surface area contributed by atoms with E-state index in [2.05, 4.69) is 4.98 Å². The fourth-order valence-corrected chi connectivity index (χ4v) is 2.30. The molecule has 0 atom stereocenters. The van der Waals surface area contributed by atoms with Gasteiger partial charge in [0.1, 0.15) is 13.3 Å². The molecule has 2 rings (SSSR count). The lowest BCUT2D eigenvalue weighted by Gasteiger charge is -2.22. The highest BCUT2D eigenvalue weighted by Gasteiger charge is 2.19. The number of aromatic nitrogens is 1. The normalized spacial score (nSPS) is 14.7. The predicted octanol–water partition coefficient (Wildman–Crippen LogP) is 2.01. The summed E-state index contributed by atoms with van der Waals surface area (Å²) < 4.78 is 17.7. The molecular weight excluding hydrogens is 267 g/mol. The average Bonchev–Trinajstić information content (AvgIpc) is 2.87. The molecule has 0 saturated carbocycles. The van der Waals surface area contributed by atoms with Gasteiger partial charge in [0.05, 0.1) is 17.9 Å². The van der Waals surface area contributed by atoms with E-state index in [0.29, 0.717) is 16.7 Å². The number of thiazole rings is 1. The molecule has 0 unspecified atom stereocenters. The Balaban J connectivity index is 2.07. The Bertz CT molecular complexity index is 449. The summed E-state index contributed by atoms with van der Waals surface area (Å²) in [6.45, 7) is 0.327. The van der Waals surface area contributed by atoms with Crippen LogP contribution in [0.1, 0.15) is 5.69 Å². The van der Waals surface area contributed by atoms with Crippen molar-refractivity contribution < 1.29 is 13.9 Å². The van der Waals surface area contributed by atoms with Gasteiger partial charge in [0.15, 0.2) is 4.47 Å². The number of alkyl halides is 1. The van der Waals surface area contributed by atoms with E-state index in [9.17, 15) is 9.18 Å². The van der Waals surface area contributed by atoms with Crippen molar-refractivity contribution in [3.05, 3.63) is 27.3 Å². The lowest BCUT2D eigenvalue weighted by atomic mass is 10.3. The van der Waals surface area contributed by atoms with Gasteiger partial charge in [0.25, 0.3) is 0 Å². The second-order valence-electron chi connectivity index (χ2n) is 3.45. The van der Waals surface area contributed by atoms with Gasteiger partial charge in [-0.25, -0.2) is 14.2 Å². The van der Waals surface area contributed by atoms with Gasteiger partial charge in [-0.15, -0.1) is 11.3 Å². The van der Waals surface area contributed by atoms with Crippen LogP contribution in [0.25, 0.3) is 0 Å². The van der Waals surface area contributed by atoms with E-state index < -0.39 is 6.67 Å². The highest BCUT2D eigenvalue weighted by Crippen LogP contribution is 2.19. The molecule has 0 spiro atoms. The minimum Gasteiger partial charge on any atom is -0.456 e. The largest absolute Gasteiger partial charge is 0.456 e. The fraction of sp³-hybridized carbons (Fsp3) is 0.400. The van der Waals surface area contributed by atoms with Crippen molar-refractivity contribution >= 4 is 28.9 Å². The van der Waals surface area contributed by atoms with Gasteiger partial charge in [-0.1, -0.05) is 11.6 Å². The molecular formula is C10H10ClFN2O2S. The zero-order valence-corrected chi connectivity index (χ0v) is 10.4. The molecule has 0 bridgehead atoms. The van der Waals surface area contributed by atoms with Crippen LogP contribution in [0.15, 0.2) is 17.2 Å². The molecule has 0 saturated heterocycles. The molecule has 0 amide bonds. The zero-order valence-electron chi connectivity index (χ0n) is 8.86. The molecule has 0 N–H and O–H groups in total. The number of cyclic esters (lactones) is 1. The van der Waals surface area contributed by atoms with E-state index in [1.54, 1.807) is 4.90 Å². The van der Waals surface area contributed by atoms with Crippen molar-refractivity contribution in [1.82, 2.24) is 9.88 Å². The summed E-state index contributed by atoms with van der Waals surface area (Å²) in [7, 11) is 0. The molecule has 2 heterocycles. The number of esters is 1. The Morgan fingerprint density at radius 2 is 2.47 bits per heavy atom. The van der Waals surface area contributed by atoms with Gasteiger partial charge >= 0.3 is 5.97 Å². The van der Waals surface area contributed by atoms with E-state index in [1.165, 1.54) is 17.4 Å². The molecule has 1 aliphatic heterocycles. The highest BCUT2D eigenvalue weighted by atomic mass is 35.5. The summed E-state index contributed by atoms with van der Waals surface area (Å²) >= 11 is 7.05. The second kappa shape index (κ2) is 5.46. The number of rotatable bonds is 5. The number of hydrogen-bond acceptors (Lipinski definition) is 5. The predicted molar refractivity (Wildman–Crippen MR) is 62.6 cm³/mol. The van der Waals surface area contributed by atoms with Gasteiger partial charge in [0.2, 0.25) is 0 Å². The smallest absolute Gasteiger partial charge is 0.333 e. The number of halogens is 2. The fourth-order valence-electron chi connectivity index (χ4n) is 1.52. The molecule has 1 aliphatic rings. The number of nitrogens with zero attached hydrogens (tertiary/aromatic N) is 2. The van der Waals surface area contributed by atoms with Crippen molar-refractivity contribution in [1.29, 1.82) is 0 Å². The summed E-state index contributed by atoms with van der Waals surface area (Å²) in [5, 5.41) is 1.81. The lowest BCUT2D eigenvalue weighted by molar-refractivity contribution is -0.135. The molecule has 0 aliphatic carbocycles. The van der Waals surface area contributed by atoms with Gasteiger partial charge < -0.3 is 9.64 Å². The molecule has 7 heteroatoms. The average molecular weight is 277 g/mol. The first-order valence-electron chi connectivity index (χ1n) is 4.97. The number of ether oxygens (including phenoxy) is 1. The second-order valence-corrected chi connectivity index (χ2v) is 4.89. The molecule has 0 aromatic carbocycles. The summed E-state index contributed by atoms with van der Waals surface area (Å²) in [5.41, 5.74) is 1.44. The standard InChI is InChI=1S/C10H10ClFN2O2S/c11-10-13-7(6-17-10)4-14(2-1-12)8-3-9(15)16-5-8/h3,6H,1-2,4-5H2. The molecule has 0 radical (unpaired) electrons. The van der Waals surface area contributed by atoms with E-state index >= 15 is 0 Å². The SMILES string of the molecule is O=C1C=C(N(CCF)Cc2csc(Cl)n2)CO1. The van der Waals surface area contributed by atoms with Crippen molar-refractivity contribution in [3.8, 4) is 0 Å². The third-order valence-corrected chi connectivity index (χ3v) is 3.31. The number of hydrogen-bond donors (Lipinski definition) is 0. The Morgan fingerprint density at radius 1 is 1.65 bits per heavy atom. The third-order valence-electron chi connectivity index (χ3n) is 2.28. The van der Waals surface area contributed by atoms with Crippen LogP contribution in [0.3, 0.4) is 0 Å². The first-order chi connectivity index (χ1) is 8.19. The van der Waals surface area contributed by atoms with Crippen LogP contribution in [0.2, 0.25) is 4.47 Å². The highest BCUT2D eigenvalue weighted by molar-refractivity contribution is 7.13. The molecule has 4 nitrogen and oxygen atoms in total. The Hall–Kier alpha value is -1.14. The van der Waals surface area contributed by atoms with E-state index in [1.807, 2.05) is 5.38 Å². The van der Waals surface area contributed by atoms with Crippen LogP contribution in [0.4, 0.5) is 4.39 Å². The van der Waals surface area contributed by atoms with Gasteiger partial charge in [-0.3, -0.25) is 0 Å². The Labute approximate surface area is 107 Å². The quantitative estimate of drug-likeness (QED) is 0.772. The van der Waals surface area contributed by atoms with Crippen LogP contribution in [0, 0.1) is 0 Å². The van der Waals surface area contributed by atoms with Crippen molar-refractivity contribution in [2.75, 3.05) is 19.8 Å². The first kappa shape index (κ1) is 12.3. The van der Waals surface area contributed by atoms with E-state index in [0.717, 1.165) is 5.69 Å². The lowest BCUT2D eigenvalue weighted by Crippen LogP contribution is -2.26. The van der Waals surface area contributed by atoms with E-state index in [-0.39, 0.29) is 19.1 Å². The van der Waals surface area contributed by atoms with E-state index in [4.69, 9.17) is 16.3 Å². The topological polar surface area (TPSA) is 42.4 Å². The monoisotopic (exact) mass is 276 g/mol. The van der Waals surface area contributed by atoms with Crippen LogP contribution >= 0.6 is 22.9 Å². The van der Waals surface area contributed by atoms with Gasteiger partial charge in [0, 0.05) is 18.0 Å². The molecule has 92 valence electrons. The summed E-state index contributed by atoms with van der Waals surface area (Å²) in [6.07, 6.45) is 1.38. The molecule has 17 heavy (non-hydrogen) atoms. The summed E-state index contributed by atoms with van der Waals surface area (Å²) in [4.78, 5) is 16.8. The first-order valence-corrected chi connectivity index (χ1v) is 6.23. The number of carbonyl (C=O) groups excluding carboxylic acids is 1. The van der Waals surface area contributed by atoms with Gasteiger partial charge in [-0.05, 0) is 0 Å². The van der Waals surface area contributed by atoms with Crippen LogP contribution in [0.5, 0.6) is 0 Å². The van der Waals surface area contributed by atoms with Crippen molar-refractivity contribution in [2.45, 2.75) is 6.54 Å². The van der Waals surface area contributed by atoms with Crippen molar-refractivity contribution in [2.24, 2.45) is 0 Å². The summed E-state index contributed by atoms with van der Waals surface area (Å²) in [6, 6.07) is 0. The van der Waals surface area contributed by atoms with Gasteiger partial charge in [-0.2, -0.15) is 0 Å². The van der Waals surface area contributed by atoms with Crippen LogP contribution < -0.4 is 0 Å². The Morgan fingerprint density at radius 3 is 3.00 bits per heavy atom. The summed E-state index contributed by atoms with van der Waals surface area (Å²) in [5.74, 6) is -0.389. The Kier molecular flexibility index (Phi) is 3.96. The molecule has 1 aromatic rings. The van der Waals surface area contributed by atoms with Crippen molar-refractivity contribution in [3.63, 3.8) is 0 Å². The third kappa shape index (κ3) is 3.17. The zero-order chi connectivity index (χ0) is 12.3.